The van der Waals surface area contributed by atoms with Gasteiger partial charge in [-0.15, -0.1) is 0 Å². The van der Waals surface area contributed by atoms with Crippen LogP contribution in [0.15, 0.2) is 29.2 Å². The van der Waals surface area contributed by atoms with Gasteiger partial charge >= 0.3 is 5.97 Å². The molecule has 6 nitrogen and oxygen atoms in total. The molecule has 0 spiro atoms. The van der Waals surface area contributed by atoms with Gasteiger partial charge in [0.25, 0.3) is 0 Å². The molecule has 118 valence electrons. The van der Waals surface area contributed by atoms with Gasteiger partial charge in [0.2, 0.25) is 10.0 Å². The van der Waals surface area contributed by atoms with Gasteiger partial charge in [0, 0.05) is 6.04 Å². The number of rotatable bonds is 6. The van der Waals surface area contributed by atoms with Crippen LogP contribution < -0.4 is 0 Å². The van der Waals surface area contributed by atoms with E-state index in [1.165, 1.54) is 19.2 Å². The minimum Gasteiger partial charge on any atom is -0.468 e. The summed E-state index contributed by atoms with van der Waals surface area (Å²) < 4.78 is 30.7. The zero-order valence-electron chi connectivity index (χ0n) is 12.6. The second kappa shape index (κ2) is 7.02. The van der Waals surface area contributed by atoms with E-state index < -0.39 is 22.1 Å². The molecule has 0 aromatic heterocycles. The lowest BCUT2D eigenvalue weighted by Crippen LogP contribution is -2.41. The molecule has 0 heterocycles. The summed E-state index contributed by atoms with van der Waals surface area (Å²) >= 11 is 0. The van der Waals surface area contributed by atoms with E-state index in [0.717, 1.165) is 4.31 Å². The van der Waals surface area contributed by atoms with Crippen molar-refractivity contribution in [3.63, 3.8) is 0 Å². The van der Waals surface area contributed by atoms with Crippen molar-refractivity contribution in [1.82, 2.24) is 4.31 Å². The molecule has 0 aliphatic carbocycles. The van der Waals surface area contributed by atoms with Crippen LogP contribution in [-0.4, -0.2) is 43.5 Å². The monoisotopic (exact) mass is 315 g/mol. The molecule has 0 saturated carbocycles. The van der Waals surface area contributed by atoms with E-state index in [2.05, 4.69) is 4.74 Å². The fraction of sp³-hybridized carbons (Fsp3) is 0.500. The van der Waals surface area contributed by atoms with E-state index in [0.29, 0.717) is 5.56 Å². The predicted octanol–water partition coefficient (Wildman–Crippen LogP) is 1.31. The molecule has 1 unspecified atom stereocenters. The normalized spacial score (nSPS) is 13.5. The van der Waals surface area contributed by atoms with Crippen molar-refractivity contribution >= 4 is 16.0 Å². The zero-order chi connectivity index (χ0) is 16.2. The van der Waals surface area contributed by atoms with Crippen molar-refractivity contribution < 1.29 is 23.1 Å². The standard InChI is InChI=1S/C14H21NO5S/c1-10(2)15(9-14(17)20-4)21(18,19)13-7-5-12(6-8-13)11(3)16/h5-8,10-11,16H,9H2,1-4H3. The molecular weight excluding hydrogens is 294 g/mol. The fourth-order valence-corrected chi connectivity index (χ4v) is 3.37. The number of esters is 1. The highest BCUT2D eigenvalue weighted by molar-refractivity contribution is 7.89. The summed E-state index contributed by atoms with van der Waals surface area (Å²) in [6, 6.07) is 5.56. The highest BCUT2D eigenvalue weighted by Crippen LogP contribution is 2.21. The molecule has 0 fully saturated rings. The van der Waals surface area contributed by atoms with Crippen molar-refractivity contribution in [2.45, 2.75) is 37.8 Å². The molecule has 0 saturated heterocycles. The van der Waals surface area contributed by atoms with Crippen LogP contribution in [0.3, 0.4) is 0 Å². The molecular formula is C14H21NO5S. The third-order valence-corrected chi connectivity index (χ3v) is 5.09. The van der Waals surface area contributed by atoms with E-state index in [1.54, 1.807) is 32.9 Å². The number of hydrogen-bond acceptors (Lipinski definition) is 5. The first-order chi connectivity index (χ1) is 9.70. The summed E-state index contributed by atoms with van der Waals surface area (Å²) in [6.45, 7) is 4.63. The van der Waals surface area contributed by atoms with Crippen LogP contribution in [0.25, 0.3) is 0 Å². The average Bonchev–Trinajstić information content (AvgIpc) is 2.43. The van der Waals surface area contributed by atoms with E-state index in [1.807, 2.05) is 0 Å². The van der Waals surface area contributed by atoms with Crippen molar-refractivity contribution in [3.8, 4) is 0 Å². The third kappa shape index (κ3) is 4.26. The van der Waals surface area contributed by atoms with Crippen LogP contribution in [0, 0.1) is 0 Å². The Morgan fingerprint density at radius 2 is 1.76 bits per heavy atom. The third-order valence-electron chi connectivity index (χ3n) is 3.06. The Labute approximate surface area is 125 Å². The molecule has 0 bridgehead atoms. The van der Waals surface area contributed by atoms with Crippen LogP contribution in [0.1, 0.15) is 32.4 Å². The van der Waals surface area contributed by atoms with Gasteiger partial charge in [-0.25, -0.2) is 8.42 Å². The molecule has 21 heavy (non-hydrogen) atoms. The van der Waals surface area contributed by atoms with Crippen molar-refractivity contribution in [2.24, 2.45) is 0 Å². The average molecular weight is 315 g/mol. The number of nitrogens with zero attached hydrogens (tertiary/aromatic N) is 1. The van der Waals surface area contributed by atoms with Gasteiger partial charge in [-0.2, -0.15) is 4.31 Å². The Morgan fingerprint density at radius 1 is 1.24 bits per heavy atom. The smallest absolute Gasteiger partial charge is 0.321 e. The number of sulfonamides is 1. The Kier molecular flexibility index (Phi) is 5.88. The highest BCUT2D eigenvalue weighted by atomic mass is 32.2. The largest absolute Gasteiger partial charge is 0.468 e. The van der Waals surface area contributed by atoms with Gasteiger partial charge in [0.15, 0.2) is 0 Å². The van der Waals surface area contributed by atoms with E-state index >= 15 is 0 Å². The Morgan fingerprint density at radius 3 is 2.14 bits per heavy atom. The summed E-state index contributed by atoms with van der Waals surface area (Å²) in [4.78, 5) is 11.5. The van der Waals surface area contributed by atoms with Crippen LogP contribution in [-0.2, 0) is 19.6 Å². The minimum atomic E-state index is -3.80. The second-order valence-corrected chi connectivity index (χ2v) is 6.86. The van der Waals surface area contributed by atoms with E-state index in [-0.39, 0.29) is 17.5 Å². The Balaban J connectivity index is 3.13. The SMILES string of the molecule is COC(=O)CN(C(C)C)S(=O)(=O)c1ccc(C(C)O)cc1. The van der Waals surface area contributed by atoms with Crippen molar-refractivity contribution in [1.29, 1.82) is 0 Å². The quantitative estimate of drug-likeness (QED) is 0.800. The summed E-state index contributed by atoms with van der Waals surface area (Å²) in [6.07, 6.45) is -0.668. The van der Waals surface area contributed by atoms with Crippen molar-refractivity contribution in [3.05, 3.63) is 29.8 Å². The summed E-state index contributed by atoms with van der Waals surface area (Å²) in [5.74, 6) is -0.618. The number of aliphatic hydroxyl groups is 1. The highest BCUT2D eigenvalue weighted by Gasteiger charge is 2.29. The van der Waals surface area contributed by atoms with Gasteiger partial charge in [0.05, 0.1) is 18.1 Å². The molecule has 7 heteroatoms. The topological polar surface area (TPSA) is 83.9 Å². The first kappa shape index (κ1) is 17.6. The number of aliphatic hydroxyl groups excluding tert-OH is 1. The second-order valence-electron chi connectivity index (χ2n) is 4.97. The lowest BCUT2D eigenvalue weighted by Gasteiger charge is -2.24. The first-order valence-electron chi connectivity index (χ1n) is 6.56. The maximum atomic E-state index is 12.6. The Bertz CT molecular complexity index is 578. The van der Waals surface area contributed by atoms with Crippen LogP contribution in [0.2, 0.25) is 0 Å². The fourth-order valence-electron chi connectivity index (χ4n) is 1.79. The molecule has 0 amide bonds. The minimum absolute atomic E-state index is 0.0736. The number of methoxy groups -OCH3 is 1. The van der Waals surface area contributed by atoms with Gasteiger partial charge in [-0.3, -0.25) is 4.79 Å². The number of hydrogen-bond donors (Lipinski definition) is 1. The van der Waals surface area contributed by atoms with Gasteiger partial charge in [0.1, 0.15) is 6.54 Å². The molecule has 1 N–H and O–H groups in total. The summed E-state index contributed by atoms with van der Waals surface area (Å²) in [5.41, 5.74) is 0.623. The van der Waals surface area contributed by atoms with Crippen LogP contribution in [0.4, 0.5) is 0 Å². The Hall–Kier alpha value is -1.44. The van der Waals surface area contributed by atoms with Gasteiger partial charge in [-0.1, -0.05) is 12.1 Å². The number of benzene rings is 1. The predicted molar refractivity (Wildman–Crippen MR) is 78.1 cm³/mol. The summed E-state index contributed by atoms with van der Waals surface area (Å²) in [7, 11) is -2.58. The summed E-state index contributed by atoms with van der Waals surface area (Å²) in [5, 5.41) is 9.44. The molecule has 1 atom stereocenters. The maximum Gasteiger partial charge on any atom is 0.321 e. The van der Waals surface area contributed by atoms with E-state index in [9.17, 15) is 18.3 Å². The van der Waals surface area contributed by atoms with Gasteiger partial charge in [-0.05, 0) is 38.5 Å². The van der Waals surface area contributed by atoms with Gasteiger partial charge < -0.3 is 9.84 Å². The number of ether oxygens (including phenoxy) is 1. The van der Waals surface area contributed by atoms with E-state index in [4.69, 9.17) is 0 Å². The first-order valence-corrected chi connectivity index (χ1v) is 8.00. The number of carbonyl (C=O) groups is 1. The maximum absolute atomic E-state index is 12.6. The number of carbonyl (C=O) groups excluding carboxylic acids is 1. The lowest BCUT2D eigenvalue weighted by atomic mass is 10.1. The van der Waals surface area contributed by atoms with Crippen LogP contribution in [0.5, 0.6) is 0 Å². The van der Waals surface area contributed by atoms with Crippen molar-refractivity contribution in [2.75, 3.05) is 13.7 Å². The molecule has 0 aliphatic rings. The zero-order valence-corrected chi connectivity index (χ0v) is 13.4. The molecule has 0 aliphatic heterocycles. The van der Waals surface area contributed by atoms with Crippen LogP contribution >= 0.6 is 0 Å². The molecule has 1 rings (SSSR count). The lowest BCUT2D eigenvalue weighted by molar-refractivity contribution is -0.141. The molecule has 1 aromatic carbocycles. The molecule has 0 radical (unpaired) electrons. The molecule has 1 aromatic rings.